The van der Waals surface area contributed by atoms with Crippen LogP contribution in [0.3, 0.4) is 0 Å². The molecule has 4 rings (SSSR count). The van der Waals surface area contributed by atoms with Crippen LogP contribution in [-0.2, 0) is 11.2 Å². The van der Waals surface area contributed by atoms with E-state index in [9.17, 15) is 4.79 Å². The summed E-state index contributed by atoms with van der Waals surface area (Å²) in [4.78, 5) is 14.4. The first kappa shape index (κ1) is 19.1. The highest BCUT2D eigenvalue weighted by Crippen LogP contribution is 2.24. The number of carbonyl (C=O) groups excluding carboxylic acids is 1. The van der Waals surface area contributed by atoms with Crippen LogP contribution in [0.5, 0.6) is 0 Å². The number of likely N-dealkylation sites (tertiary alicyclic amines) is 1. The van der Waals surface area contributed by atoms with Gasteiger partial charge in [0.15, 0.2) is 5.82 Å². The topological polar surface area (TPSA) is 84.0 Å². The quantitative estimate of drug-likeness (QED) is 0.696. The second-order valence-electron chi connectivity index (χ2n) is 7.45. The Balaban J connectivity index is 1.30. The average Bonchev–Trinajstić information content (AvgIpc) is 3.30. The van der Waals surface area contributed by atoms with Crippen molar-refractivity contribution < 1.29 is 9.53 Å². The van der Waals surface area contributed by atoms with Crippen molar-refractivity contribution in [1.29, 1.82) is 0 Å². The Kier molecular flexibility index (Phi) is 6.14. The van der Waals surface area contributed by atoms with Gasteiger partial charge in [0.2, 0.25) is 0 Å². The fourth-order valence-electron chi connectivity index (χ4n) is 3.85. The van der Waals surface area contributed by atoms with Crippen LogP contribution < -0.4 is 0 Å². The third-order valence-corrected chi connectivity index (χ3v) is 5.51. The number of ether oxygens (including phenoxy) is 1. The van der Waals surface area contributed by atoms with Gasteiger partial charge in [-0.05, 0) is 46.7 Å². The molecule has 0 aliphatic carbocycles. The van der Waals surface area contributed by atoms with Crippen LogP contribution in [0, 0.1) is 5.92 Å². The lowest BCUT2D eigenvalue weighted by Gasteiger charge is -2.31. The number of aromatic nitrogens is 4. The molecule has 1 amide bonds. The van der Waals surface area contributed by atoms with Gasteiger partial charge >= 0.3 is 6.09 Å². The van der Waals surface area contributed by atoms with Gasteiger partial charge < -0.3 is 9.64 Å². The molecular weight excluding hydrogens is 366 g/mol. The second-order valence-corrected chi connectivity index (χ2v) is 7.45. The highest BCUT2D eigenvalue weighted by atomic mass is 16.6. The van der Waals surface area contributed by atoms with E-state index >= 15 is 0 Å². The minimum absolute atomic E-state index is 0.198. The van der Waals surface area contributed by atoms with Gasteiger partial charge in [-0.2, -0.15) is 0 Å². The molecule has 1 atom stereocenters. The van der Waals surface area contributed by atoms with Crippen molar-refractivity contribution >= 4 is 6.09 Å². The molecule has 1 aromatic heterocycles. The fraction of sp³-hybridized carbons (Fsp3) is 0.364. The van der Waals surface area contributed by atoms with Crippen LogP contribution in [0.15, 0.2) is 60.7 Å². The molecule has 1 aliphatic heterocycles. The molecular formula is C22H25N5O2. The molecule has 7 heteroatoms. The fourth-order valence-corrected chi connectivity index (χ4v) is 3.85. The maximum absolute atomic E-state index is 12.6. The van der Waals surface area contributed by atoms with Crippen LogP contribution in [-0.4, -0.2) is 51.3 Å². The van der Waals surface area contributed by atoms with E-state index in [-0.39, 0.29) is 18.6 Å². The summed E-state index contributed by atoms with van der Waals surface area (Å²) in [7, 11) is 0. The molecule has 0 saturated carbocycles. The molecule has 1 N–H and O–H groups in total. The largest absolute Gasteiger partial charge is 0.448 e. The molecule has 7 nitrogen and oxygen atoms in total. The summed E-state index contributed by atoms with van der Waals surface area (Å²) in [5.74, 6) is 0.982. The van der Waals surface area contributed by atoms with Gasteiger partial charge in [-0.3, -0.25) is 0 Å². The Hall–Kier alpha value is -3.22. The Labute approximate surface area is 170 Å². The number of rotatable bonds is 6. The van der Waals surface area contributed by atoms with Crippen LogP contribution in [0.2, 0.25) is 0 Å². The average molecular weight is 391 g/mol. The lowest BCUT2D eigenvalue weighted by atomic mass is 9.90. The number of piperidine rings is 1. The van der Waals surface area contributed by atoms with E-state index in [2.05, 4.69) is 44.9 Å². The van der Waals surface area contributed by atoms with Crippen LogP contribution in [0.25, 0.3) is 0 Å². The zero-order valence-corrected chi connectivity index (χ0v) is 16.3. The zero-order valence-electron chi connectivity index (χ0n) is 16.3. The highest BCUT2D eigenvalue weighted by molar-refractivity contribution is 5.67. The summed E-state index contributed by atoms with van der Waals surface area (Å²) in [5, 5.41) is 14.1. The van der Waals surface area contributed by atoms with Gasteiger partial charge in [0.05, 0.1) is 5.92 Å². The number of benzene rings is 2. The molecule has 2 aromatic carbocycles. The number of aromatic amines is 1. The standard InChI is InChI=1S/C22H25N5O2/c28-22(27-13-11-18(12-14-27)15-17-7-3-1-4-8-17)29-16-20(21-23-25-26-24-21)19-9-5-2-6-10-19/h1-10,18,20H,11-16H2,(H,23,24,25,26). The van der Waals surface area contributed by atoms with Crippen molar-refractivity contribution in [1.82, 2.24) is 25.5 Å². The first-order chi connectivity index (χ1) is 14.3. The van der Waals surface area contributed by atoms with Crippen molar-refractivity contribution in [3.8, 4) is 0 Å². The number of amides is 1. The Morgan fingerprint density at radius 2 is 1.76 bits per heavy atom. The second kappa shape index (κ2) is 9.32. The zero-order chi connectivity index (χ0) is 19.9. The van der Waals surface area contributed by atoms with Crippen molar-refractivity contribution in [2.24, 2.45) is 5.92 Å². The molecule has 0 bridgehead atoms. The molecule has 29 heavy (non-hydrogen) atoms. The number of nitrogens with one attached hydrogen (secondary N) is 1. The van der Waals surface area contributed by atoms with Crippen LogP contribution in [0.4, 0.5) is 4.79 Å². The minimum Gasteiger partial charge on any atom is -0.448 e. The summed E-state index contributed by atoms with van der Waals surface area (Å²) in [6.07, 6.45) is 2.80. The summed E-state index contributed by atoms with van der Waals surface area (Å²) in [5.41, 5.74) is 2.36. The smallest absolute Gasteiger partial charge is 0.409 e. The summed E-state index contributed by atoms with van der Waals surface area (Å²) in [6.45, 7) is 1.66. The van der Waals surface area contributed by atoms with Crippen LogP contribution in [0.1, 0.15) is 35.7 Å². The number of carbonyl (C=O) groups is 1. The van der Waals surface area contributed by atoms with Crippen molar-refractivity contribution in [2.75, 3.05) is 19.7 Å². The third-order valence-electron chi connectivity index (χ3n) is 5.51. The third kappa shape index (κ3) is 4.99. The first-order valence-electron chi connectivity index (χ1n) is 10.0. The van der Waals surface area contributed by atoms with Crippen LogP contribution >= 0.6 is 0 Å². The number of hydrogen-bond acceptors (Lipinski definition) is 5. The van der Waals surface area contributed by atoms with Gasteiger partial charge in [0.1, 0.15) is 6.61 Å². The van der Waals surface area contributed by atoms with E-state index in [0.717, 1.165) is 37.9 Å². The highest BCUT2D eigenvalue weighted by Gasteiger charge is 2.26. The van der Waals surface area contributed by atoms with E-state index < -0.39 is 0 Å². The summed E-state index contributed by atoms with van der Waals surface area (Å²) in [6, 6.07) is 20.4. The van der Waals surface area contributed by atoms with E-state index in [0.29, 0.717) is 11.7 Å². The summed E-state index contributed by atoms with van der Waals surface area (Å²) < 4.78 is 5.65. The van der Waals surface area contributed by atoms with Gasteiger partial charge in [-0.15, -0.1) is 5.10 Å². The maximum atomic E-state index is 12.6. The minimum atomic E-state index is -0.267. The molecule has 1 fully saturated rings. The lowest BCUT2D eigenvalue weighted by molar-refractivity contribution is 0.0848. The maximum Gasteiger partial charge on any atom is 0.409 e. The molecule has 0 radical (unpaired) electrons. The SMILES string of the molecule is O=C(OCC(c1ccccc1)c1nnn[nH]1)N1CCC(Cc2ccccc2)CC1. The van der Waals surface area contributed by atoms with Crippen molar-refractivity contribution in [2.45, 2.75) is 25.2 Å². The number of H-pyrrole nitrogens is 1. The number of hydrogen-bond donors (Lipinski definition) is 1. The normalized spacial score (nSPS) is 15.8. The first-order valence-corrected chi connectivity index (χ1v) is 10.0. The van der Waals surface area contributed by atoms with Crippen molar-refractivity contribution in [3.05, 3.63) is 77.6 Å². The van der Waals surface area contributed by atoms with Gasteiger partial charge in [-0.1, -0.05) is 60.7 Å². The van der Waals surface area contributed by atoms with Gasteiger partial charge in [0, 0.05) is 13.1 Å². The van der Waals surface area contributed by atoms with E-state index in [1.165, 1.54) is 5.56 Å². The Morgan fingerprint density at radius 1 is 1.07 bits per heavy atom. The van der Waals surface area contributed by atoms with E-state index in [4.69, 9.17) is 4.74 Å². The molecule has 0 spiro atoms. The lowest BCUT2D eigenvalue weighted by Crippen LogP contribution is -2.39. The molecule has 1 saturated heterocycles. The molecule has 1 unspecified atom stereocenters. The Bertz CT molecular complexity index is 878. The van der Waals surface area contributed by atoms with Gasteiger partial charge in [-0.25, -0.2) is 9.89 Å². The van der Waals surface area contributed by atoms with Crippen molar-refractivity contribution in [3.63, 3.8) is 0 Å². The monoisotopic (exact) mass is 391 g/mol. The predicted octanol–water partition coefficient (Wildman–Crippen LogP) is 3.42. The molecule has 2 heterocycles. The van der Waals surface area contributed by atoms with E-state index in [1.807, 2.05) is 41.3 Å². The molecule has 3 aromatic rings. The molecule has 150 valence electrons. The molecule has 1 aliphatic rings. The predicted molar refractivity (Wildman–Crippen MR) is 108 cm³/mol. The van der Waals surface area contributed by atoms with E-state index in [1.54, 1.807) is 0 Å². The Morgan fingerprint density at radius 3 is 2.41 bits per heavy atom. The number of nitrogens with zero attached hydrogens (tertiary/aromatic N) is 4. The van der Waals surface area contributed by atoms with Gasteiger partial charge in [0.25, 0.3) is 0 Å². The summed E-state index contributed by atoms with van der Waals surface area (Å²) >= 11 is 0. The number of tetrazole rings is 1.